The van der Waals surface area contributed by atoms with Gasteiger partial charge in [0.1, 0.15) is 5.75 Å². The quantitative estimate of drug-likeness (QED) is 0.760. The van der Waals surface area contributed by atoms with Gasteiger partial charge in [-0.15, -0.1) is 0 Å². The highest BCUT2D eigenvalue weighted by Gasteiger charge is 2.21. The molecule has 1 amide bonds. The predicted molar refractivity (Wildman–Crippen MR) is 92.3 cm³/mol. The lowest BCUT2D eigenvalue weighted by atomic mass is 9.92. The van der Waals surface area contributed by atoms with E-state index in [4.69, 9.17) is 0 Å². The topological polar surface area (TPSA) is 49.3 Å². The van der Waals surface area contributed by atoms with Crippen molar-refractivity contribution >= 4 is 16.7 Å². The number of hydrogen-bond donors (Lipinski definition) is 2. The molecule has 0 unspecified atom stereocenters. The second kappa shape index (κ2) is 6.53. The number of benzene rings is 3. The lowest BCUT2D eigenvalue weighted by Crippen LogP contribution is -2.28. The lowest BCUT2D eigenvalue weighted by molar-refractivity contribution is -0.121. The van der Waals surface area contributed by atoms with Gasteiger partial charge in [0.05, 0.1) is 6.04 Å². The Hall–Kier alpha value is -2.81. The molecule has 0 aliphatic carbocycles. The number of nitrogens with one attached hydrogen (secondary N) is 1. The Morgan fingerprint density at radius 3 is 2.43 bits per heavy atom. The van der Waals surface area contributed by atoms with Crippen molar-refractivity contribution in [1.29, 1.82) is 0 Å². The second-order valence-corrected chi connectivity index (χ2v) is 5.48. The van der Waals surface area contributed by atoms with E-state index in [1.54, 1.807) is 6.07 Å². The Morgan fingerprint density at radius 1 is 1.00 bits per heavy atom. The van der Waals surface area contributed by atoms with Crippen molar-refractivity contribution in [2.24, 2.45) is 0 Å². The van der Waals surface area contributed by atoms with Crippen molar-refractivity contribution < 1.29 is 9.90 Å². The van der Waals surface area contributed by atoms with Crippen molar-refractivity contribution in [3.05, 3.63) is 77.9 Å². The zero-order valence-corrected chi connectivity index (χ0v) is 13.0. The highest BCUT2D eigenvalue weighted by Crippen LogP contribution is 2.35. The number of carbonyl (C=O) groups excluding carboxylic acids is 1. The van der Waals surface area contributed by atoms with Gasteiger partial charge in [0, 0.05) is 12.0 Å². The minimum absolute atomic E-state index is 0.0498. The summed E-state index contributed by atoms with van der Waals surface area (Å²) in [6.45, 7) is 1.82. The molecule has 3 aromatic rings. The second-order valence-electron chi connectivity index (χ2n) is 5.48. The number of fused-ring (bicyclic) bond motifs is 1. The molecule has 2 N–H and O–H groups in total. The molecule has 3 rings (SSSR count). The number of amides is 1. The molecule has 3 nitrogen and oxygen atoms in total. The van der Waals surface area contributed by atoms with Gasteiger partial charge in [-0.05, 0) is 22.4 Å². The van der Waals surface area contributed by atoms with Crippen LogP contribution in [0.15, 0.2) is 66.7 Å². The summed E-state index contributed by atoms with van der Waals surface area (Å²) in [6.07, 6.45) is 0.398. The van der Waals surface area contributed by atoms with Gasteiger partial charge in [0.2, 0.25) is 5.91 Å². The first-order chi connectivity index (χ1) is 11.2. The minimum Gasteiger partial charge on any atom is -0.508 e. The normalized spacial score (nSPS) is 12.0. The van der Waals surface area contributed by atoms with Crippen LogP contribution in [0.5, 0.6) is 5.75 Å². The van der Waals surface area contributed by atoms with Crippen LogP contribution in [0.1, 0.15) is 30.5 Å². The van der Waals surface area contributed by atoms with Crippen LogP contribution in [0.25, 0.3) is 10.8 Å². The van der Waals surface area contributed by atoms with Gasteiger partial charge in [-0.3, -0.25) is 4.79 Å². The molecule has 23 heavy (non-hydrogen) atoms. The maximum Gasteiger partial charge on any atom is 0.220 e. The summed E-state index contributed by atoms with van der Waals surface area (Å²) in [5.41, 5.74) is 1.68. The van der Waals surface area contributed by atoms with Gasteiger partial charge < -0.3 is 10.4 Å². The number of carbonyl (C=O) groups is 1. The summed E-state index contributed by atoms with van der Waals surface area (Å²) < 4.78 is 0. The Morgan fingerprint density at radius 2 is 1.70 bits per heavy atom. The van der Waals surface area contributed by atoms with Crippen LogP contribution in [0.3, 0.4) is 0 Å². The van der Waals surface area contributed by atoms with Crippen molar-refractivity contribution in [3.8, 4) is 5.75 Å². The molecule has 0 fully saturated rings. The minimum atomic E-state index is -0.380. The highest BCUT2D eigenvalue weighted by atomic mass is 16.3. The molecular formula is C20H19NO2. The van der Waals surface area contributed by atoms with E-state index in [1.807, 2.05) is 67.6 Å². The molecule has 0 saturated carbocycles. The van der Waals surface area contributed by atoms with Gasteiger partial charge in [-0.25, -0.2) is 0 Å². The Labute approximate surface area is 135 Å². The molecule has 0 saturated heterocycles. The van der Waals surface area contributed by atoms with Crippen molar-refractivity contribution in [3.63, 3.8) is 0 Å². The fourth-order valence-corrected chi connectivity index (χ4v) is 2.82. The Balaban J connectivity index is 2.21. The van der Waals surface area contributed by atoms with Crippen LogP contribution in [0.2, 0.25) is 0 Å². The van der Waals surface area contributed by atoms with E-state index in [0.717, 1.165) is 21.9 Å². The predicted octanol–water partition coefficient (Wildman–Crippen LogP) is 4.16. The standard InChI is InChI=1S/C20H19NO2/c1-2-18(23)21-20(15-9-4-3-5-10-15)19-16-11-7-6-8-14(16)12-13-17(19)22/h3-13,20,22H,2H2,1H3,(H,21,23)/t20-/m0/s1. The van der Waals surface area contributed by atoms with Crippen LogP contribution >= 0.6 is 0 Å². The van der Waals surface area contributed by atoms with Crippen LogP contribution in [0, 0.1) is 0 Å². The molecule has 0 aliphatic heterocycles. The van der Waals surface area contributed by atoms with Crippen LogP contribution < -0.4 is 5.32 Å². The number of hydrogen-bond acceptors (Lipinski definition) is 2. The molecule has 0 heterocycles. The van der Waals surface area contributed by atoms with Crippen LogP contribution in [-0.2, 0) is 4.79 Å². The molecule has 1 atom stereocenters. The maximum absolute atomic E-state index is 12.0. The van der Waals surface area contributed by atoms with Gasteiger partial charge in [-0.1, -0.05) is 67.6 Å². The zero-order valence-electron chi connectivity index (χ0n) is 13.0. The summed E-state index contributed by atoms with van der Waals surface area (Å²) >= 11 is 0. The monoisotopic (exact) mass is 305 g/mol. The van der Waals surface area contributed by atoms with E-state index in [-0.39, 0.29) is 17.7 Å². The third-order valence-corrected chi connectivity index (χ3v) is 4.00. The van der Waals surface area contributed by atoms with Crippen LogP contribution in [0.4, 0.5) is 0 Å². The summed E-state index contributed by atoms with van der Waals surface area (Å²) in [5, 5.41) is 15.5. The van der Waals surface area contributed by atoms with E-state index in [9.17, 15) is 9.90 Å². The number of phenolic OH excluding ortho intramolecular Hbond substituents is 1. The smallest absolute Gasteiger partial charge is 0.220 e. The third kappa shape index (κ3) is 3.04. The largest absolute Gasteiger partial charge is 0.508 e. The molecule has 116 valence electrons. The van der Waals surface area contributed by atoms with Gasteiger partial charge in [0.25, 0.3) is 0 Å². The zero-order chi connectivity index (χ0) is 16.2. The third-order valence-electron chi connectivity index (χ3n) is 4.00. The van der Waals surface area contributed by atoms with E-state index in [1.165, 1.54) is 0 Å². The fourth-order valence-electron chi connectivity index (χ4n) is 2.82. The van der Waals surface area contributed by atoms with E-state index in [0.29, 0.717) is 6.42 Å². The molecule has 0 radical (unpaired) electrons. The van der Waals surface area contributed by atoms with Crippen molar-refractivity contribution in [2.75, 3.05) is 0 Å². The number of rotatable bonds is 4. The summed E-state index contributed by atoms with van der Waals surface area (Å²) in [4.78, 5) is 12.0. The molecule has 0 aliphatic rings. The summed E-state index contributed by atoms with van der Waals surface area (Å²) in [5.74, 6) is 0.139. The maximum atomic E-state index is 12.0. The van der Waals surface area contributed by atoms with E-state index >= 15 is 0 Å². The first-order valence-electron chi connectivity index (χ1n) is 7.75. The van der Waals surface area contributed by atoms with Gasteiger partial charge in [0.15, 0.2) is 0 Å². The van der Waals surface area contributed by atoms with Gasteiger partial charge in [-0.2, -0.15) is 0 Å². The SMILES string of the molecule is CCC(=O)N[C@@H](c1ccccc1)c1c(O)ccc2ccccc12. The number of aromatic hydroxyl groups is 1. The van der Waals surface area contributed by atoms with Crippen molar-refractivity contribution in [2.45, 2.75) is 19.4 Å². The molecule has 3 heteroatoms. The molecular weight excluding hydrogens is 286 g/mol. The van der Waals surface area contributed by atoms with E-state index in [2.05, 4.69) is 5.32 Å². The average Bonchev–Trinajstić information content (AvgIpc) is 2.60. The Bertz CT molecular complexity index is 827. The lowest BCUT2D eigenvalue weighted by Gasteiger charge is -2.22. The van der Waals surface area contributed by atoms with Gasteiger partial charge >= 0.3 is 0 Å². The summed E-state index contributed by atoms with van der Waals surface area (Å²) in [6, 6.07) is 20.8. The fraction of sp³-hybridized carbons (Fsp3) is 0.150. The number of phenols is 1. The first-order valence-corrected chi connectivity index (χ1v) is 7.75. The highest BCUT2D eigenvalue weighted by molar-refractivity contribution is 5.89. The molecule has 3 aromatic carbocycles. The Kier molecular flexibility index (Phi) is 4.29. The average molecular weight is 305 g/mol. The molecule has 0 bridgehead atoms. The summed E-state index contributed by atoms with van der Waals surface area (Å²) in [7, 11) is 0. The molecule has 0 aromatic heterocycles. The molecule has 0 spiro atoms. The first kappa shape index (κ1) is 15.1. The van der Waals surface area contributed by atoms with Crippen LogP contribution in [-0.4, -0.2) is 11.0 Å². The van der Waals surface area contributed by atoms with Crippen molar-refractivity contribution in [1.82, 2.24) is 5.32 Å². The van der Waals surface area contributed by atoms with E-state index < -0.39 is 0 Å².